The highest BCUT2D eigenvalue weighted by molar-refractivity contribution is 5.02. The zero-order chi connectivity index (χ0) is 12.0. The molecule has 18 heavy (non-hydrogen) atoms. The second kappa shape index (κ2) is 4.46. The third-order valence-corrected chi connectivity index (χ3v) is 5.76. The number of nitrogens with zero attached hydrogens (tertiary/aromatic N) is 1. The van der Waals surface area contributed by atoms with Gasteiger partial charge in [0.2, 0.25) is 0 Å². The first-order chi connectivity index (χ1) is 8.85. The van der Waals surface area contributed by atoms with Crippen LogP contribution < -0.4 is 5.32 Å². The summed E-state index contributed by atoms with van der Waals surface area (Å²) in [6, 6.07) is 0.740. The van der Waals surface area contributed by atoms with Gasteiger partial charge < -0.3 is 10.1 Å². The number of ether oxygens (including phenoxy) is 1. The maximum absolute atomic E-state index is 6.05. The Labute approximate surface area is 110 Å². The fraction of sp³-hybridized carbons (Fsp3) is 1.00. The van der Waals surface area contributed by atoms with Gasteiger partial charge in [-0.25, -0.2) is 0 Å². The lowest BCUT2D eigenvalue weighted by atomic mass is 9.79. The van der Waals surface area contributed by atoms with Gasteiger partial charge in [-0.05, 0) is 32.1 Å². The van der Waals surface area contributed by atoms with Gasteiger partial charge >= 0.3 is 0 Å². The molecule has 1 spiro atoms. The number of hydrogen-bond acceptors (Lipinski definition) is 3. The summed E-state index contributed by atoms with van der Waals surface area (Å²) in [7, 11) is 0. The average Bonchev–Trinajstić information content (AvgIpc) is 3.02. The van der Waals surface area contributed by atoms with E-state index in [0.29, 0.717) is 17.7 Å². The van der Waals surface area contributed by atoms with E-state index >= 15 is 0 Å². The molecule has 2 bridgehead atoms. The second-order valence-corrected chi connectivity index (χ2v) is 6.92. The molecule has 102 valence electrons. The average molecular weight is 250 g/mol. The maximum atomic E-state index is 6.05. The van der Waals surface area contributed by atoms with Crippen molar-refractivity contribution in [3.63, 3.8) is 0 Å². The van der Waals surface area contributed by atoms with Crippen molar-refractivity contribution < 1.29 is 4.74 Å². The second-order valence-electron chi connectivity index (χ2n) is 6.92. The highest BCUT2D eigenvalue weighted by Gasteiger charge is 2.46. The molecule has 0 aromatic rings. The third-order valence-electron chi connectivity index (χ3n) is 5.76. The number of rotatable bonds is 1. The van der Waals surface area contributed by atoms with E-state index in [0.717, 1.165) is 6.04 Å². The minimum Gasteiger partial charge on any atom is -0.373 e. The first-order valence-corrected chi connectivity index (χ1v) is 7.99. The van der Waals surface area contributed by atoms with Gasteiger partial charge in [-0.15, -0.1) is 0 Å². The zero-order valence-electron chi connectivity index (χ0n) is 11.4. The molecule has 4 rings (SSSR count). The molecular formula is C15H26N2O. The van der Waals surface area contributed by atoms with E-state index in [1.54, 1.807) is 0 Å². The van der Waals surface area contributed by atoms with E-state index in [-0.39, 0.29) is 0 Å². The molecule has 3 aliphatic heterocycles. The molecule has 3 unspecified atom stereocenters. The van der Waals surface area contributed by atoms with Gasteiger partial charge in [-0.3, -0.25) is 4.90 Å². The van der Waals surface area contributed by atoms with Crippen LogP contribution in [0, 0.1) is 0 Å². The fourth-order valence-electron chi connectivity index (χ4n) is 4.83. The van der Waals surface area contributed by atoms with Crippen molar-refractivity contribution in [3.05, 3.63) is 0 Å². The van der Waals surface area contributed by atoms with Crippen LogP contribution in [-0.4, -0.2) is 48.3 Å². The van der Waals surface area contributed by atoms with Crippen LogP contribution in [0.4, 0.5) is 0 Å². The minimum absolute atomic E-state index is 0.457. The van der Waals surface area contributed by atoms with E-state index in [4.69, 9.17) is 4.74 Å². The molecule has 3 nitrogen and oxygen atoms in total. The van der Waals surface area contributed by atoms with E-state index in [1.807, 2.05) is 0 Å². The summed E-state index contributed by atoms with van der Waals surface area (Å²) in [6.45, 7) is 3.71. The molecule has 1 saturated carbocycles. The molecule has 0 amide bonds. The Kier molecular flexibility index (Phi) is 2.90. The van der Waals surface area contributed by atoms with E-state index < -0.39 is 0 Å². The van der Waals surface area contributed by atoms with Crippen molar-refractivity contribution in [2.45, 2.75) is 75.2 Å². The van der Waals surface area contributed by atoms with Gasteiger partial charge in [0.05, 0.1) is 12.2 Å². The van der Waals surface area contributed by atoms with E-state index in [1.165, 1.54) is 71.0 Å². The molecule has 0 radical (unpaired) electrons. The molecule has 3 saturated heterocycles. The molecule has 4 fully saturated rings. The lowest BCUT2D eigenvalue weighted by molar-refractivity contribution is 0.0302. The van der Waals surface area contributed by atoms with Crippen LogP contribution >= 0.6 is 0 Å². The Morgan fingerprint density at radius 3 is 2.72 bits per heavy atom. The largest absolute Gasteiger partial charge is 0.373 e. The molecular weight excluding hydrogens is 224 g/mol. The normalized spacial score (nSPS) is 43.7. The molecule has 1 N–H and O–H groups in total. The number of fused-ring (bicyclic) bond motifs is 2. The molecule has 0 aromatic heterocycles. The Balaban J connectivity index is 1.46. The Hall–Kier alpha value is -0.120. The Morgan fingerprint density at radius 2 is 2.00 bits per heavy atom. The van der Waals surface area contributed by atoms with E-state index in [2.05, 4.69) is 10.2 Å². The van der Waals surface area contributed by atoms with Gasteiger partial charge in [-0.2, -0.15) is 0 Å². The van der Waals surface area contributed by atoms with Crippen LogP contribution in [0.15, 0.2) is 0 Å². The first kappa shape index (κ1) is 11.7. The molecule has 3 heterocycles. The van der Waals surface area contributed by atoms with Crippen LogP contribution in [0.5, 0.6) is 0 Å². The molecule has 3 atom stereocenters. The highest BCUT2D eigenvalue weighted by Crippen LogP contribution is 2.39. The van der Waals surface area contributed by atoms with Crippen molar-refractivity contribution in [3.8, 4) is 0 Å². The van der Waals surface area contributed by atoms with Crippen LogP contribution in [0.2, 0.25) is 0 Å². The Bertz CT molecular complexity index is 308. The lowest BCUT2D eigenvalue weighted by Crippen LogP contribution is -2.63. The van der Waals surface area contributed by atoms with Crippen molar-refractivity contribution in [1.82, 2.24) is 10.2 Å². The fourth-order valence-corrected chi connectivity index (χ4v) is 4.83. The van der Waals surface area contributed by atoms with Crippen molar-refractivity contribution in [1.29, 1.82) is 0 Å². The SMILES string of the molecule is C1CCC2(CC1)CN(C1CC3CCC1O3)CCN2. The molecule has 4 aliphatic rings. The van der Waals surface area contributed by atoms with Crippen LogP contribution in [0.1, 0.15) is 51.4 Å². The van der Waals surface area contributed by atoms with Crippen molar-refractivity contribution in [2.75, 3.05) is 19.6 Å². The monoisotopic (exact) mass is 250 g/mol. The number of hydrogen-bond donors (Lipinski definition) is 1. The molecule has 0 aromatic carbocycles. The summed E-state index contributed by atoms with van der Waals surface area (Å²) in [5.41, 5.74) is 0.457. The lowest BCUT2D eigenvalue weighted by Gasteiger charge is -2.48. The van der Waals surface area contributed by atoms with Crippen LogP contribution in [0.3, 0.4) is 0 Å². The highest BCUT2D eigenvalue weighted by atomic mass is 16.5. The smallest absolute Gasteiger partial charge is 0.0735 e. The predicted octanol–water partition coefficient (Wildman–Crippen LogP) is 1.91. The maximum Gasteiger partial charge on any atom is 0.0735 e. The summed E-state index contributed by atoms with van der Waals surface area (Å²) < 4.78 is 6.05. The van der Waals surface area contributed by atoms with E-state index in [9.17, 15) is 0 Å². The van der Waals surface area contributed by atoms with Gasteiger partial charge in [-0.1, -0.05) is 19.3 Å². The Morgan fingerprint density at radius 1 is 1.11 bits per heavy atom. The first-order valence-electron chi connectivity index (χ1n) is 7.99. The summed E-state index contributed by atoms with van der Waals surface area (Å²) in [5.74, 6) is 0. The quantitative estimate of drug-likeness (QED) is 0.769. The van der Waals surface area contributed by atoms with Gasteiger partial charge in [0.15, 0.2) is 0 Å². The van der Waals surface area contributed by atoms with Crippen molar-refractivity contribution >= 4 is 0 Å². The number of piperazine rings is 1. The van der Waals surface area contributed by atoms with Gasteiger partial charge in [0.25, 0.3) is 0 Å². The van der Waals surface area contributed by atoms with Gasteiger partial charge in [0, 0.05) is 31.2 Å². The standard InChI is InChI=1S/C15H26N2O/c1-2-6-15(7-3-1)11-17(9-8-16-15)13-10-12-4-5-14(13)18-12/h12-14,16H,1-11H2. The molecule has 1 aliphatic carbocycles. The predicted molar refractivity (Wildman–Crippen MR) is 71.7 cm³/mol. The summed E-state index contributed by atoms with van der Waals surface area (Å²) in [5, 5.41) is 3.85. The van der Waals surface area contributed by atoms with Gasteiger partial charge in [0.1, 0.15) is 0 Å². The van der Waals surface area contributed by atoms with Crippen LogP contribution in [-0.2, 0) is 4.74 Å². The summed E-state index contributed by atoms with van der Waals surface area (Å²) in [6.07, 6.45) is 12.2. The van der Waals surface area contributed by atoms with Crippen LogP contribution in [0.25, 0.3) is 0 Å². The van der Waals surface area contributed by atoms with Crippen molar-refractivity contribution in [2.24, 2.45) is 0 Å². The summed E-state index contributed by atoms with van der Waals surface area (Å²) in [4.78, 5) is 2.77. The minimum atomic E-state index is 0.457. The topological polar surface area (TPSA) is 24.5 Å². The molecule has 3 heteroatoms. The zero-order valence-corrected chi connectivity index (χ0v) is 11.4. The number of nitrogens with one attached hydrogen (secondary N) is 1. The third kappa shape index (κ3) is 1.91. The summed E-state index contributed by atoms with van der Waals surface area (Å²) >= 11 is 0.